The Morgan fingerprint density at radius 3 is 2.54 bits per heavy atom. The Kier molecular flexibility index (Phi) is 3.78. The van der Waals surface area contributed by atoms with Gasteiger partial charge < -0.3 is 5.32 Å². The molecule has 1 aliphatic rings. The Morgan fingerprint density at radius 1 is 1.31 bits per heavy atom. The molecule has 0 saturated carbocycles. The number of piperidine rings is 1. The van der Waals surface area contributed by atoms with E-state index in [1.54, 1.807) is 0 Å². The maximum absolute atomic E-state index is 3.62. The van der Waals surface area contributed by atoms with E-state index in [1.807, 2.05) is 0 Å². The van der Waals surface area contributed by atoms with Crippen molar-refractivity contribution in [2.24, 2.45) is 11.3 Å². The molecule has 78 valence electrons. The molecule has 1 aliphatic heterocycles. The number of rotatable bonds is 2. The number of nitrogens with one attached hydrogen (secondary N) is 1. The Morgan fingerprint density at radius 2 is 2.00 bits per heavy atom. The van der Waals surface area contributed by atoms with Crippen LogP contribution in [0.3, 0.4) is 0 Å². The molecule has 1 heteroatoms. The van der Waals surface area contributed by atoms with Crippen LogP contribution < -0.4 is 5.32 Å². The van der Waals surface area contributed by atoms with Crippen LogP contribution in [0.15, 0.2) is 0 Å². The second-order valence-corrected chi connectivity index (χ2v) is 5.88. The van der Waals surface area contributed by atoms with E-state index in [1.165, 1.54) is 32.2 Å². The monoisotopic (exact) mass is 183 g/mol. The van der Waals surface area contributed by atoms with Crippen LogP contribution in [-0.2, 0) is 0 Å². The van der Waals surface area contributed by atoms with E-state index in [0.29, 0.717) is 5.41 Å². The maximum Gasteiger partial charge on any atom is 0.00698 e. The second-order valence-electron chi connectivity index (χ2n) is 5.88. The molecule has 0 amide bonds. The van der Waals surface area contributed by atoms with Gasteiger partial charge in [0.2, 0.25) is 0 Å². The molecule has 0 aromatic carbocycles. The summed E-state index contributed by atoms with van der Waals surface area (Å²) in [6.07, 6.45) is 5.45. The van der Waals surface area contributed by atoms with Crippen LogP contribution in [0.2, 0.25) is 0 Å². The van der Waals surface area contributed by atoms with Crippen LogP contribution in [0.5, 0.6) is 0 Å². The summed E-state index contributed by atoms with van der Waals surface area (Å²) in [7, 11) is 0. The third-order valence-electron chi connectivity index (χ3n) is 3.00. The Hall–Kier alpha value is -0.0400. The first-order valence-corrected chi connectivity index (χ1v) is 5.71. The molecule has 0 bridgehead atoms. The van der Waals surface area contributed by atoms with E-state index in [9.17, 15) is 0 Å². The summed E-state index contributed by atoms with van der Waals surface area (Å²) in [5.41, 5.74) is 0.502. The van der Waals surface area contributed by atoms with Gasteiger partial charge in [0.1, 0.15) is 0 Å². The minimum Gasteiger partial charge on any atom is -0.314 e. The van der Waals surface area contributed by atoms with Crippen molar-refractivity contribution in [2.75, 3.05) is 6.54 Å². The fraction of sp³-hybridized carbons (Fsp3) is 1.00. The summed E-state index contributed by atoms with van der Waals surface area (Å²) in [5.74, 6) is 0.936. The van der Waals surface area contributed by atoms with Crippen LogP contribution in [0, 0.1) is 11.3 Å². The van der Waals surface area contributed by atoms with Gasteiger partial charge in [-0.05, 0) is 43.6 Å². The van der Waals surface area contributed by atoms with Gasteiger partial charge in [-0.2, -0.15) is 0 Å². The fourth-order valence-corrected chi connectivity index (χ4v) is 2.05. The zero-order valence-corrected chi connectivity index (χ0v) is 9.69. The molecule has 0 spiro atoms. The van der Waals surface area contributed by atoms with Crippen LogP contribution in [0.1, 0.15) is 53.4 Å². The highest BCUT2D eigenvalue weighted by molar-refractivity contribution is 4.77. The van der Waals surface area contributed by atoms with Gasteiger partial charge in [0.25, 0.3) is 0 Å². The zero-order valence-electron chi connectivity index (χ0n) is 9.69. The summed E-state index contributed by atoms with van der Waals surface area (Å²) in [4.78, 5) is 0. The van der Waals surface area contributed by atoms with E-state index in [-0.39, 0.29) is 0 Å². The van der Waals surface area contributed by atoms with Gasteiger partial charge >= 0.3 is 0 Å². The molecule has 2 atom stereocenters. The minimum absolute atomic E-state index is 0.502. The molecule has 0 aliphatic carbocycles. The van der Waals surface area contributed by atoms with Crippen molar-refractivity contribution in [3.63, 3.8) is 0 Å². The van der Waals surface area contributed by atoms with Gasteiger partial charge in [-0.3, -0.25) is 0 Å². The summed E-state index contributed by atoms with van der Waals surface area (Å²) < 4.78 is 0. The Balaban J connectivity index is 2.21. The smallest absolute Gasteiger partial charge is 0.00698 e. The second kappa shape index (κ2) is 4.45. The molecular formula is C12H25N. The topological polar surface area (TPSA) is 12.0 Å². The quantitative estimate of drug-likeness (QED) is 0.693. The predicted octanol–water partition coefficient (Wildman–Crippen LogP) is 3.20. The van der Waals surface area contributed by atoms with Gasteiger partial charge in [0.05, 0.1) is 0 Å². The number of hydrogen-bond acceptors (Lipinski definition) is 1. The highest BCUT2D eigenvalue weighted by atomic mass is 14.9. The lowest BCUT2D eigenvalue weighted by atomic mass is 9.85. The highest BCUT2D eigenvalue weighted by Gasteiger charge is 2.20. The van der Waals surface area contributed by atoms with Crippen molar-refractivity contribution >= 4 is 0 Å². The predicted molar refractivity (Wildman–Crippen MR) is 58.9 cm³/mol. The molecule has 0 aromatic rings. The first-order valence-electron chi connectivity index (χ1n) is 5.71. The van der Waals surface area contributed by atoms with Gasteiger partial charge in [-0.25, -0.2) is 0 Å². The van der Waals surface area contributed by atoms with Crippen molar-refractivity contribution in [3.05, 3.63) is 0 Å². The molecule has 1 nitrogen and oxygen atoms in total. The van der Waals surface area contributed by atoms with E-state index in [0.717, 1.165) is 12.0 Å². The third kappa shape index (κ3) is 4.66. The summed E-state index contributed by atoms with van der Waals surface area (Å²) >= 11 is 0. The van der Waals surface area contributed by atoms with E-state index >= 15 is 0 Å². The molecule has 2 unspecified atom stereocenters. The molecule has 1 fully saturated rings. The molecule has 1 heterocycles. The van der Waals surface area contributed by atoms with Gasteiger partial charge in [0.15, 0.2) is 0 Å². The van der Waals surface area contributed by atoms with Crippen molar-refractivity contribution in [3.8, 4) is 0 Å². The van der Waals surface area contributed by atoms with Crippen LogP contribution in [0.25, 0.3) is 0 Å². The van der Waals surface area contributed by atoms with Crippen LogP contribution >= 0.6 is 0 Å². The molecule has 0 aromatic heterocycles. The van der Waals surface area contributed by atoms with Crippen molar-refractivity contribution in [1.82, 2.24) is 5.32 Å². The van der Waals surface area contributed by atoms with Gasteiger partial charge in [-0.1, -0.05) is 27.7 Å². The average molecular weight is 183 g/mol. The average Bonchev–Trinajstić information content (AvgIpc) is 2.00. The summed E-state index contributed by atoms with van der Waals surface area (Å²) in [6, 6.07) is 0.794. The Bertz CT molecular complexity index is 146. The van der Waals surface area contributed by atoms with Crippen LogP contribution in [0.4, 0.5) is 0 Å². The standard InChI is InChI=1S/C12H25N/c1-10-6-8-13-11(9-10)5-7-12(2,3)4/h10-11,13H,5-9H2,1-4H3. The van der Waals surface area contributed by atoms with Gasteiger partial charge in [0, 0.05) is 6.04 Å². The van der Waals surface area contributed by atoms with Crippen molar-refractivity contribution < 1.29 is 0 Å². The van der Waals surface area contributed by atoms with Crippen LogP contribution in [-0.4, -0.2) is 12.6 Å². The lowest BCUT2D eigenvalue weighted by Gasteiger charge is -2.30. The maximum atomic E-state index is 3.62. The van der Waals surface area contributed by atoms with E-state index in [4.69, 9.17) is 0 Å². The first kappa shape index (κ1) is 11.0. The SMILES string of the molecule is CC1CCNC(CCC(C)(C)C)C1. The normalized spacial score (nSPS) is 30.5. The highest BCUT2D eigenvalue weighted by Crippen LogP contribution is 2.25. The molecule has 1 saturated heterocycles. The summed E-state index contributed by atoms with van der Waals surface area (Å²) in [6.45, 7) is 10.6. The van der Waals surface area contributed by atoms with Gasteiger partial charge in [-0.15, -0.1) is 0 Å². The molecule has 1 rings (SSSR count). The largest absolute Gasteiger partial charge is 0.314 e. The Labute approximate surface area is 83.3 Å². The minimum atomic E-state index is 0.502. The molecular weight excluding hydrogens is 158 g/mol. The number of hydrogen-bond donors (Lipinski definition) is 1. The zero-order chi connectivity index (χ0) is 9.90. The summed E-state index contributed by atoms with van der Waals surface area (Å²) in [5, 5.41) is 3.62. The van der Waals surface area contributed by atoms with Crippen molar-refractivity contribution in [1.29, 1.82) is 0 Å². The first-order chi connectivity index (χ1) is 5.97. The molecule has 1 N–H and O–H groups in total. The fourth-order valence-electron chi connectivity index (χ4n) is 2.05. The van der Waals surface area contributed by atoms with E-state index in [2.05, 4.69) is 33.0 Å². The third-order valence-corrected chi connectivity index (χ3v) is 3.00. The molecule has 0 radical (unpaired) electrons. The van der Waals surface area contributed by atoms with E-state index < -0.39 is 0 Å². The van der Waals surface area contributed by atoms with Crippen molar-refractivity contribution in [2.45, 2.75) is 59.4 Å². The lowest BCUT2D eigenvalue weighted by Crippen LogP contribution is -2.37. The molecule has 13 heavy (non-hydrogen) atoms. The lowest BCUT2D eigenvalue weighted by molar-refractivity contribution is 0.267.